The molecule has 0 saturated carbocycles. The molecule has 0 atom stereocenters. The molecular formula is C15H26N2O2S. The summed E-state index contributed by atoms with van der Waals surface area (Å²) in [4.78, 5) is 17.6. The van der Waals surface area contributed by atoms with Gasteiger partial charge in [-0.05, 0) is 20.8 Å². The second kappa shape index (κ2) is 6.22. The number of thiazole rings is 1. The molecule has 0 radical (unpaired) electrons. The molecular weight excluding hydrogens is 272 g/mol. The highest BCUT2D eigenvalue weighted by Crippen LogP contribution is 2.26. The maximum absolute atomic E-state index is 10.8. The zero-order valence-corrected chi connectivity index (χ0v) is 14.2. The lowest BCUT2D eigenvalue weighted by atomic mass is 9.93. The van der Waals surface area contributed by atoms with Gasteiger partial charge >= 0.3 is 5.97 Å². The highest BCUT2D eigenvalue weighted by molar-refractivity contribution is 7.09. The molecule has 4 nitrogen and oxygen atoms in total. The van der Waals surface area contributed by atoms with Crippen molar-refractivity contribution >= 4 is 17.3 Å². The minimum atomic E-state index is -0.756. The number of rotatable bonds is 5. The third-order valence-electron chi connectivity index (χ3n) is 3.19. The highest BCUT2D eigenvalue weighted by atomic mass is 32.1. The van der Waals surface area contributed by atoms with Crippen LogP contribution in [0.3, 0.4) is 0 Å². The molecule has 1 aromatic heterocycles. The Hall–Kier alpha value is -0.940. The minimum absolute atomic E-state index is 0.0579. The van der Waals surface area contributed by atoms with Gasteiger partial charge in [-0.2, -0.15) is 0 Å². The van der Waals surface area contributed by atoms with Crippen molar-refractivity contribution in [1.29, 1.82) is 0 Å². The molecule has 0 amide bonds. The van der Waals surface area contributed by atoms with Gasteiger partial charge in [0.25, 0.3) is 0 Å². The molecule has 0 aliphatic rings. The number of hydrogen-bond donors (Lipinski definition) is 1. The molecule has 0 aliphatic heterocycles. The van der Waals surface area contributed by atoms with Crippen LogP contribution in [-0.2, 0) is 16.8 Å². The topological polar surface area (TPSA) is 53.4 Å². The number of hydrogen-bond acceptors (Lipinski definition) is 4. The van der Waals surface area contributed by atoms with E-state index in [-0.39, 0.29) is 17.4 Å². The van der Waals surface area contributed by atoms with Crippen LogP contribution in [0.2, 0.25) is 0 Å². The Morgan fingerprint density at radius 1 is 1.30 bits per heavy atom. The Morgan fingerprint density at radius 3 is 2.30 bits per heavy atom. The molecule has 114 valence electrons. The SMILES string of the molecule is CC(C)(C)c1csc(CN(CCC(=O)O)C(C)(C)C)n1. The van der Waals surface area contributed by atoms with Crippen LogP contribution in [0.15, 0.2) is 5.38 Å². The molecule has 0 aliphatic carbocycles. The fourth-order valence-corrected chi connectivity index (χ4v) is 2.81. The van der Waals surface area contributed by atoms with Gasteiger partial charge in [-0.25, -0.2) is 4.98 Å². The molecule has 1 heterocycles. The van der Waals surface area contributed by atoms with Crippen molar-refractivity contribution in [2.75, 3.05) is 6.54 Å². The Morgan fingerprint density at radius 2 is 1.90 bits per heavy atom. The van der Waals surface area contributed by atoms with Crippen LogP contribution in [0.4, 0.5) is 0 Å². The number of aromatic nitrogens is 1. The lowest BCUT2D eigenvalue weighted by Crippen LogP contribution is -2.42. The molecule has 5 heteroatoms. The largest absolute Gasteiger partial charge is 0.481 e. The van der Waals surface area contributed by atoms with Crippen LogP contribution in [0.5, 0.6) is 0 Å². The first-order valence-electron chi connectivity index (χ1n) is 6.92. The third kappa shape index (κ3) is 5.21. The number of aliphatic carboxylic acids is 1. The first-order valence-corrected chi connectivity index (χ1v) is 7.80. The summed E-state index contributed by atoms with van der Waals surface area (Å²) in [6, 6.07) is 0. The predicted molar refractivity (Wildman–Crippen MR) is 83.2 cm³/mol. The van der Waals surface area contributed by atoms with Crippen LogP contribution in [-0.4, -0.2) is 33.0 Å². The predicted octanol–water partition coefficient (Wildman–Crippen LogP) is 3.52. The summed E-state index contributed by atoms with van der Waals surface area (Å²) in [5.41, 5.74) is 1.09. The van der Waals surface area contributed by atoms with E-state index in [1.807, 2.05) is 0 Å². The van der Waals surface area contributed by atoms with Crippen molar-refractivity contribution in [2.45, 2.75) is 65.5 Å². The molecule has 0 fully saturated rings. The molecule has 20 heavy (non-hydrogen) atoms. The van der Waals surface area contributed by atoms with Gasteiger partial charge < -0.3 is 5.11 Å². The Labute approximate surface area is 125 Å². The van der Waals surface area contributed by atoms with Gasteiger partial charge in [-0.3, -0.25) is 9.69 Å². The summed E-state index contributed by atoms with van der Waals surface area (Å²) >= 11 is 1.65. The first-order chi connectivity index (χ1) is 9.00. The van der Waals surface area contributed by atoms with E-state index in [0.29, 0.717) is 13.1 Å². The Bertz CT molecular complexity index is 455. The zero-order chi connectivity index (χ0) is 15.6. The van der Waals surface area contributed by atoms with E-state index in [2.05, 4.69) is 51.8 Å². The Kier molecular flexibility index (Phi) is 5.33. The van der Waals surface area contributed by atoms with E-state index in [1.54, 1.807) is 11.3 Å². The van der Waals surface area contributed by atoms with E-state index in [4.69, 9.17) is 10.1 Å². The Balaban J connectivity index is 2.79. The van der Waals surface area contributed by atoms with Gasteiger partial charge in [-0.1, -0.05) is 20.8 Å². The molecule has 0 spiro atoms. The van der Waals surface area contributed by atoms with Crippen molar-refractivity contribution in [3.05, 3.63) is 16.1 Å². The second-order valence-electron chi connectivity index (χ2n) is 7.11. The summed E-state index contributed by atoms with van der Waals surface area (Å²) < 4.78 is 0. The average molecular weight is 298 g/mol. The van der Waals surface area contributed by atoms with Gasteiger partial charge in [-0.15, -0.1) is 11.3 Å². The number of carboxylic acid groups (broad SMARTS) is 1. The molecule has 1 aromatic rings. The summed E-state index contributed by atoms with van der Waals surface area (Å²) in [6.45, 7) is 14.0. The normalized spacial score (nSPS) is 12.9. The fourth-order valence-electron chi connectivity index (χ4n) is 1.77. The van der Waals surface area contributed by atoms with Crippen LogP contribution >= 0.6 is 11.3 Å². The van der Waals surface area contributed by atoms with Gasteiger partial charge in [0.15, 0.2) is 0 Å². The molecule has 0 aromatic carbocycles. The number of nitrogens with zero attached hydrogens (tertiary/aromatic N) is 2. The van der Waals surface area contributed by atoms with Crippen molar-refractivity contribution < 1.29 is 9.90 Å². The van der Waals surface area contributed by atoms with E-state index in [0.717, 1.165) is 10.7 Å². The lowest BCUT2D eigenvalue weighted by Gasteiger charge is -2.34. The van der Waals surface area contributed by atoms with Gasteiger partial charge in [0, 0.05) is 22.9 Å². The van der Waals surface area contributed by atoms with E-state index < -0.39 is 5.97 Å². The summed E-state index contributed by atoms with van der Waals surface area (Å²) in [5.74, 6) is -0.756. The van der Waals surface area contributed by atoms with Crippen molar-refractivity contribution in [3.8, 4) is 0 Å². The van der Waals surface area contributed by atoms with Gasteiger partial charge in [0.1, 0.15) is 5.01 Å². The summed E-state index contributed by atoms with van der Waals surface area (Å²) in [7, 11) is 0. The first kappa shape index (κ1) is 17.1. The number of carbonyl (C=O) groups is 1. The van der Waals surface area contributed by atoms with Crippen molar-refractivity contribution in [3.63, 3.8) is 0 Å². The third-order valence-corrected chi connectivity index (χ3v) is 4.02. The van der Waals surface area contributed by atoms with Gasteiger partial charge in [0.05, 0.1) is 18.7 Å². The molecule has 0 bridgehead atoms. The fraction of sp³-hybridized carbons (Fsp3) is 0.733. The number of carboxylic acids is 1. The highest BCUT2D eigenvalue weighted by Gasteiger charge is 2.24. The minimum Gasteiger partial charge on any atom is -0.481 e. The maximum atomic E-state index is 10.8. The molecule has 1 rings (SSSR count). The van der Waals surface area contributed by atoms with Crippen molar-refractivity contribution in [1.82, 2.24) is 9.88 Å². The van der Waals surface area contributed by atoms with E-state index in [1.165, 1.54) is 0 Å². The average Bonchev–Trinajstić information content (AvgIpc) is 2.70. The monoisotopic (exact) mass is 298 g/mol. The van der Waals surface area contributed by atoms with Crippen molar-refractivity contribution in [2.24, 2.45) is 0 Å². The van der Waals surface area contributed by atoms with Crippen LogP contribution in [0.25, 0.3) is 0 Å². The van der Waals surface area contributed by atoms with E-state index in [9.17, 15) is 4.79 Å². The van der Waals surface area contributed by atoms with E-state index >= 15 is 0 Å². The smallest absolute Gasteiger partial charge is 0.304 e. The standard InChI is InChI=1S/C15H26N2O2S/c1-14(2,3)11-10-20-12(16-11)9-17(15(4,5)6)8-7-13(18)19/h10H,7-9H2,1-6H3,(H,18,19). The molecule has 1 N–H and O–H groups in total. The quantitative estimate of drug-likeness (QED) is 0.903. The van der Waals surface area contributed by atoms with Crippen LogP contribution < -0.4 is 0 Å². The summed E-state index contributed by atoms with van der Waals surface area (Å²) in [6.07, 6.45) is 0.161. The zero-order valence-electron chi connectivity index (χ0n) is 13.4. The maximum Gasteiger partial charge on any atom is 0.304 e. The van der Waals surface area contributed by atoms with Crippen LogP contribution in [0, 0.1) is 0 Å². The molecule has 0 saturated heterocycles. The lowest BCUT2D eigenvalue weighted by molar-refractivity contribution is -0.137. The van der Waals surface area contributed by atoms with Crippen LogP contribution in [0.1, 0.15) is 58.7 Å². The van der Waals surface area contributed by atoms with Gasteiger partial charge in [0.2, 0.25) is 0 Å². The second-order valence-corrected chi connectivity index (χ2v) is 8.06. The molecule has 0 unspecified atom stereocenters. The summed E-state index contributed by atoms with van der Waals surface area (Å²) in [5, 5.41) is 12.0.